The molecule has 0 aliphatic rings. The summed E-state index contributed by atoms with van der Waals surface area (Å²) in [6, 6.07) is 0. The summed E-state index contributed by atoms with van der Waals surface area (Å²) < 4.78 is 0. The highest BCUT2D eigenvalue weighted by molar-refractivity contribution is 5.43. The Hall–Kier alpha value is -1.25. The highest BCUT2D eigenvalue weighted by atomic mass is 15.5. The second-order valence-corrected chi connectivity index (χ2v) is 1.46. The van der Waals surface area contributed by atoms with E-state index >= 15 is 0 Å². The average molecular weight is 109 g/mol. The SMILES string of the molecule is C=Cc1cnn(N)c1. The normalized spacial score (nSPS) is 9.00. The summed E-state index contributed by atoms with van der Waals surface area (Å²) in [5.41, 5.74) is 0.938. The van der Waals surface area contributed by atoms with E-state index in [1.807, 2.05) is 0 Å². The van der Waals surface area contributed by atoms with Gasteiger partial charge in [-0.2, -0.15) is 9.89 Å². The van der Waals surface area contributed by atoms with Crippen LogP contribution in [0.3, 0.4) is 0 Å². The van der Waals surface area contributed by atoms with E-state index in [2.05, 4.69) is 11.7 Å². The predicted molar refractivity (Wildman–Crippen MR) is 32.5 cm³/mol. The second-order valence-electron chi connectivity index (χ2n) is 1.46. The van der Waals surface area contributed by atoms with Crippen LogP contribution in [0.4, 0.5) is 0 Å². The first-order valence-electron chi connectivity index (χ1n) is 2.25. The lowest BCUT2D eigenvalue weighted by molar-refractivity contribution is 0.832. The molecule has 1 aromatic heterocycles. The van der Waals surface area contributed by atoms with Crippen molar-refractivity contribution in [3.8, 4) is 0 Å². The van der Waals surface area contributed by atoms with E-state index in [-0.39, 0.29) is 0 Å². The van der Waals surface area contributed by atoms with Gasteiger partial charge in [-0.05, 0) is 0 Å². The van der Waals surface area contributed by atoms with Crippen LogP contribution in [-0.2, 0) is 0 Å². The van der Waals surface area contributed by atoms with Gasteiger partial charge in [0.25, 0.3) is 0 Å². The maximum Gasteiger partial charge on any atom is 0.0582 e. The third-order valence-corrected chi connectivity index (χ3v) is 0.857. The van der Waals surface area contributed by atoms with Crippen LogP contribution >= 0.6 is 0 Å². The minimum Gasteiger partial charge on any atom is -0.323 e. The Kier molecular flexibility index (Phi) is 1.04. The molecule has 3 nitrogen and oxygen atoms in total. The molecule has 0 aliphatic heterocycles. The molecule has 0 radical (unpaired) electrons. The first-order chi connectivity index (χ1) is 3.83. The fraction of sp³-hybridized carbons (Fsp3) is 0. The number of nitrogens with zero attached hydrogens (tertiary/aromatic N) is 2. The lowest BCUT2D eigenvalue weighted by Gasteiger charge is -1.80. The molecule has 0 spiro atoms. The smallest absolute Gasteiger partial charge is 0.0582 e. The van der Waals surface area contributed by atoms with Crippen molar-refractivity contribution in [3.05, 3.63) is 24.5 Å². The van der Waals surface area contributed by atoms with Gasteiger partial charge in [0.05, 0.1) is 12.4 Å². The van der Waals surface area contributed by atoms with Crippen LogP contribution < -0.4 is 5.84 Å². The lowest BCUT2D eigenvalue weighted by Crippen LogP contribution is -2.06. The minimum absolute atomic E-state index is 0.938. The van der Waals surface area contributed by atoms with Gasteiger partial charge < -0.3 is 5.84 Å². The molecule has 1 rings (SSSR count). The van der Waals surface area contributed by atoms with Crippen LogP contribution in [0.2, 0.25) is 0 Å². The molecule has 3 heteroatoms. The molecule has 0 saturated heterocycles. The third kappa shape index (κ3) is 0.703. The number of nitrogen functional groups attached to an aromatic ring is 1. The van der Waals surface area contributed by atoms with E-state index in [0.717, 1.165) is 5.56 Å². The van der Waals surface area contributed by atoms with Crippen molar-refractivity contribution in [2.75, 3.05) is 5.84 Å². The summed E-state index contributed by atoms with van der Waals surface area (Å²) in [6.45, 7) is 3.54. The van der Waals surface area contributed by atoms with Gasteiger partial charge in [0.1, 0.15) is 0 Å². The third-order valence-electron chi connectivity index (χ3n) is 0.857. The molecular weight excluding hydrogens is 102 g/mol. The number of hydrogen-bond donors (Lipinski definition) is 1. The maximum absolute atomic E-state index is 5.21. The van der Waals surface area contributed by atoms with Gasteiger partial charge in [-0.25, -0.2) is 0 Å². The minimum atomic E-state index is 0.938. The molecule has 0 aliphatic carbocycles. The quantitative estimate of drug-likeness (QED) is 0.525. The average Bonchev–Trinajstić information content (AvgIpc) is 2.14. The Labute approximate surface area is 47.4 Å². The van der Waals surface area contributed by atoms with Gasteiger partial charge in [0, 0.05) is 5.56 Å². The molecule has 0 saturated carbocycles. The predicted octanol–water partition coefficient (Wildman–Crippen LogP) is 0.240. The van der Waals surface area contributed by atoms with E-state index in [0.29, 0.717) is 0 Å². The molecule has 0 unspecified atom stereocenters. The van der Waals surface area contributed by atoms with Crippen molar-refractivity contribution >= 4 is 6.08 Å². The fourth-order valence-corrected chi connectivity index (χ4v) is 0.458. The second kappa shape index (κ2) is 1.69. The largest absolute Gasteiger partial charge is 0.323 e. The molecule has 0 aromatic carbocycles. The lowest BCUT2D eigenvalue weighted by atomic mass is 10.4. The monoisotopic (exact) mass is 109 g/mol. The topological polar surface area (TPSA) is 43.8 Å². The first kappa shape index (κ1) is 4.90. The van der Waals surface area contributed by atoms with Crippen molar-refractivity contribution < 1.29 is 0 Å². The van der Waals surface area contributed by atoms with Crippen molar-refractivity contribution in [2.45, 2.75) is 0 Å². The van der Waals surface area contributed by atoms with Crippen molar-refractivity contribution in [3.63, 3.8) is 0 Å². The van der Waals surface area contributed by atoms with Gasteiger partial charge in [0.15, 0.2) is 0 Å². The molecule has 1 aromatic rings. The summed E-state index contributed by atoms with van der Waals surface area (Å²) in [4.78, 5) is 1.25. The summed E-state index contributed by atoms with van der Waals surface area (Å²) in [6.07, 6.45) is 5.02. The Morgan fingerprint density at radius 2 is 2.62 bits per heavy atom. The summed E-state index contributed by atoms with van der Waals surface area (Å²) in [5, 5.41) is 3.71. The van der Waals surface area contributed by atoms with Crippen molar-refractivity contribution in [1.29, 1.82) is 0 Å². The number of hydrogen-bond acceptors (Lipinski definition) is 2. The molecular formula is C5H7N3. The number of rotatable bonds is 1. The maximum atomic E-state index is 5.21. The van der Waals surface area contributed by atoms with Crippen molar-refractivity contribution in [2.24, 2.45) is 0 Å². The van der Waals surface area contributed by atoms with E-state index in [9.17, 15) is 0 Å². The zero-order valence-corrected chi connectivity index (χ0v) is 4.41. The molecule has 1 heterocycles. The molecule has 0 amide bonds. The molecule has 0 fully saturated rings. The fourth-order valence-electron chi connectivity index (χ4n) is 0.458. The molecule has 0 atom stereocenters. The van der Waals surface area contributed by atoms with Crippen LogP contribution in [0, 0.1) is 0 Å². The van der Waals surface area contributed by atoms with Gasteiger partial charge >= 0.3 is 0 Å². The van der Waals surface area contributed by atoms with Gasteiger partial charge in [0.2, 0.25) is 0 Å². The number of aromatic nitrogens is 2. The first-order valence-corrected chi connectivity index (χ1v) is 2.25. The highest BCUT2D eigenvalue weighted by Crippen LogP contribution is 1.93. The molecule has 0 bridgehead atoms. The zero-order chi connectivity index (χ0) is 5.98. The Morgan fingerprint density at radius 1 is 1.88 bits per heavy atom. The van der Waals surface area contributed by atoms with E-state index in [4.69, 9.17) is 5.84 Å². The van der Waals surface area contributed by atoms with Crippen LogP contribution in [0.15, 0.2) is 19.0 Å². The van der Waals surface area contributed by atoms with E-state index in [1.165, 1.54) is 4.79 Å². The van der Waals surface area contributed by atoms with Crippen LogP contribution in [0.25, 0.3) is 6.08 Å². The van der Waals surface area contributed by atoms with E-state index < -0.39 is 0 Å². The molecule has 42 valence electrons. The summed E-state index contributed by atoms with van der Waals surface area (Å²) in [5.74, 6) is 5.21. The van der Waals surface area contributed by atoms with Crippen LogP contribution in [0.5, 0.6) is 0 Å². The Bertz CT molecular complexity index is 189. The number of nitrogens with two attached hydrogens (primary N) is 1. The van der Waals surface area contributed by atoms with Gasteiger partial charge in [-0.3, -0.25) is 0 Å². The molecule has 8 heavy (non-hydrogen) atoms. The van der Waals surface area contributed by atoms with Gasteiger partial charge in [-0.1, -0.05) is 12.7 Å². The van der Waals surface area contributed by atoms with Crippen LogP contribution in [-0.4, -0.2) is 9.89 Å². The molecule has 2 N–H and O–H groups in total. The highest BCUT2D eigenvalue weighted by Gasteiger charge is 1.85. The van der Waals surface area contributed by atoms with Gasteiger partial charge in [-0.15, -0.1) is 0 Å². The summed E-state index contributed by atoms with van der Waals surface area (Å²) >= 11 is 0. The standard InChI is InChI=1S/C5H7N3/c1-2-5-3-7-8(6)4-5/h2-4H,1,6H2. The van der Waals surface area contributed by atoms with Crippen molar-refractivity contribution in [1.82, 2.24) is 9.89 Å². The van der Waals surface area contributed by atoms with E-state index in [1.54, 1.807) is 18.5 Å². The summed E-state index contributed by atoms with van der Waals surface area (Å²) in [7, 11) is 0. The Balaban J connectivity index is 3.00. The Morgan fingerprint density at radius 3 is 2.88 bits per heavy atom. The zero-order valence-electron chi connectivity index (χ0n) is 4.41. The van der Waals surface area contributed by atoms with Crippen LogP contribution in [0.1, 0.15) is 5.56 Å².